The number of guanidine groups is 1. The molecule has 1 aromatic carbocycles. The average molecular weight is 431 g/mol. The van der Waals surface area contributed by atoms with Crippen LogP contribution in [0.3, 0.4) is 0 Å². The third-order valence-electron chi connectivity index (χ3n) is 4.06. The summed E-state index contributed by atoms with van der Waals surface area (Å²) >= 11 is 0. The van der Waals surface area contributed by atoms with Crippen molar-refractivity contribution in [2.45, 2.75) is 26.3 Å². The Kier molecular flexibility index (Phi) is 7.42. The van der Waals surface area contributed by atoms with Crippen LogP contribution in [0.2, 0.25) is 0 Å². The van der Waals surface area contributed by atoms with Gasteiger partial charge in [-0.15, -0.1) is 24.0 Å². The van der Waals surface area contributed by atoms with Gasteiger partial charge in [-0.05, 0) is 31.4 Å². The van der Waals surface area contributed by atoms with Crippen molar-refractivity contribution in [3.8, 4) is 5.75 Å². The third-order valence-corrected chi connectivity index (χ3v) is 4.06. The Morgan fingerprint density at radius 2 is 2.35 bits per heavy atom. The molecule has 0 bridgehead atoms. The van der Waals surface area contributed by atoms with Crippen LogP contribution in [0, 0.1) is 12.8 Å². The van der Waals surface area contributed by atoms with E-state index in [9.17, 15) is 0 Å². The number of ether oxygens (including phenoxy) is 2. The van der Waals surface area contributed by atoms with Gasteiger partial charge in [0, 0.05) is 37.7 Å². The molecule has 0 amide bonds. The first kappa shape index (κ1) is 18.3. The van der Waals surface area contributed by atoms with Gasteiger partial charge in [-0.3, -0.25) is 4.99 Å². The summed E-state index contributed by atoms with van der Waals surface area (Å²) in [5.74, 6) is 2.38. The predicted octanol–water partition coefficient (Wildman–Crippen LogP) is 2.47. The van der Waals surface area contributed by atoms with E-state index in [1.54, 1.807) is 0 Å². The second-order valence-electron chi connectivity index (χ2n) is 6.02. The van der Waals surface area contributed by atoms with Crippen molar-refractivity contribution in [1.82, 2.24) is 10.6 Å². The van der Waals surface area contributed by atoms with E-state index in [1.165, 1.54) is 11.1 Å². The maximum absolute atomic E-state index is 6.06. The largest absolute Gasteiger partial charge is 0.493 e. The van der Waals surface area contributed by atoms with Crippen LogP contribution in [0.4, 0.5) is 0 Å². The maximum atomic E-state index is 6.06. The van der Waals surface area contributed by atoms with Crippen molar-refractivity contribution in [2.75, 3.05) is 32.9 Å². The predicted molar refractivity (Wildman–Crippen MR) is 103 cm³/mol. The summed E-state index contributed by atoms with van der Waals surface area (Å²) in [4.78, 5) is 4.44. The molecule has 1 aromatic rings. The number of benzene rings is 1. The Morgan fingerprint density at radius 1 is 1.43 bits per heavy atom. The highest BCUT2D eigenvalue weighted by Gasteiger charge is 2.17. The van der Waals surface area contributed by atoms with E-state index in [0.29, 0.717) is 5.92 Å². The van der Waals surface area contributed by atoms with E-state index in [-0.39, 0.29) is 24.0 Å². The van der Waals surface area contributed by atoms with Crippen molar-refractivity contribution in [3.63, 3.8) is 0 Å². The van der Waals surface area contributed by atoms with Gasteiger partial charge in [0.05, 0.1) is 13.2 Å². The summed E-state index contributed by atoms with van der Waals surface area (Å²) in [6.07, 6.45) is 2.20. The van der Waals surface area contributed by atoms with Crippen LogP contribution >= 0.6 is 24.0 Å². The fraction of sp³-hybridized carbons (Fsp3) is 0.588. The fourth-order valence-electron chi connectivity index (χ4n) is 2.69. The molecule has 2 aliphatic rings. The van der Waals surface area contributed by atoms with Crippen LogP contribution in [-0.4, -0.2) is 38.9 Å². The number of aliphatic imine (C=N–C) groups is 1. The van der Waals surface area contributed by atoms with Crippen LogP contribution in [0.5, 0.6) is 5.75 Å². The lowest BCUT2D eigenvalue weighted by atomic mass is 10.1. The second kappa shape index (κ2) is 9.32. The van der Waals surface area contributed by atoms with Crippen LogP contribution in [0.15, 0.2) is 23.2 Å². The number of halogens is 1. The first-order chi connectivity index (χ1) is 10.8. The van der Waals surface area contributed by atoms with Gasteiger partial charge < -0.3 is 20.1 Å². The minimum atomic E-state index is 0. The number of nitrogens with zero attached hydrogens (tertiary/aromatic N) is 1. The molecule has 1 atom stereocenters. The van der Waals surface area contributed by atoms with Crippen LogP contribution < -0.4 is 15.4 Å². The van der Waals surface area contributed by atoms with E-state index in [2.05, 4.69) is 40.7 Å². The molecule has 1 saturated heterocycles. The minimum absolute atomic E-state index is 0. The average Bonchev–Trinajstić information content (AvgIpc) is 3.06. The lowest BCUT2D eigenvalue weighted by Crippen LogP contribution is -2.40. The maximum Gasteiger partial charge on any atom is 0.191 e. The molecular formula is C17H26IN3O2. The Hall–Kier alpha value is -1.02. The standard InChI is InChI=1S/C17H25N3O2.HI/c1-13-3-4-15(10-20-17-18-6-2-7-19-17)16(9-13)22-12-14-5-8-21-11-14;/h3-4,9,14H,2,5-8,10-12H2,1H3,(H2,18,19,20);1H. The molecule has 23 heavy (non-hydrogen) atoms. The van der Waals surface area contributed by atoms with Crippen molar-refractivity contribution in [2.24, 2.45) is 10.9 Å². The van der Waals surface area contributed by atoms with E-state index < -0.39 is 0 Å². The smallest absolute Gasteiger partial charge is 0.191 e. The molecule has 6 heteroatoms. The van der Waals surface area contributed by atoms with E-state index in [4.69, 9.17) is 9.47 Å². The Labute approximate surface area is 155 Å². The number of hydrogen-bond acceptors (Lipinski definition) is 5. The topological polar surface area (TPSA) is 54.9 Å². The molecule has 128 valence electrons. The molecular weight excluding hydrogens is 405 g/mol. The molecule has 0 aliphatic carbocycles. The summed E-state index contributed by atoms with van der Waals surface area (Å²) in [6, 6.07) is 6.37. The SMILES string of the molecule is Cc1ccc(CNC2=NCCCN2)c(OCC2CCOC2)c1.I. The molecule has 0 spiro atoms. The van der Waals surface area contributed by atoms with Gasteiger partial charge in [0.1, 0.15) is 5.75 Å². The second-order valence-corrected chi connectivity index (χ2v) is 6.02. The number of nitrogens with one attached hydrogen (secondary N) is 2. The molecule has 1 unspecified atom stereocenters. The van der Waals surface area contributed by atoms with Gasteiger partial charge >= 0.3 is 0 Å². The number of hydrogen-bond donors (Lipinski definition) is 2. The zero-order valence-electron chi connectivity index (χ0n) is 13.6. The van der Waals surface area contributed by atoms with Gasteiger partial charge in [-0.1, -0.05) is 12.1 Å². The summed E-state index contributed by atoms with van der Waals surface area (Å²) in [5, 5.41) is 6.64. The normalized spacial score (nSPS) is 20.2. The molecule has 2 N–H and O–H groups in total. The monoisotopic (exact) mass is 431 g/mol. The summed E-state index contributed by atoms with van der Waals surface area (Å²) in [5.41, 5.74) is 2.38. The van der Waals surface area contributed by atoms with E-state index in [0.717, 1.165) is 64.0 Å². The first-order valence-electron chi connectivity index (χ1n) is 8.13. The Morgan fingerprint density at radius 3 is 3.09 bits per heavy atom. The van der Waals surface area contributed by atoms with E-state index >= 15 is 0 Å². The molecule has 1 fully saturated rings. The summed E-state index contributed by atoms with van der Waals surface area (Å²) in [6.45, 7) is 7.12. The van der Waals surface area contributed by atoms with Crippen LogP contribution in [-0.2, 0) is 11.3 Å². The van der Waals surface area contributed by atoms with Gasteiger partial charge in [0.15, 0.2) is 5.96 Å². The lowest BCUT2D eigenvalue weighted by molar-refractivity contribution is 0.166. The minimum Gasteiger partial charge on any atom is -0.493 e. The Bertz CT molecular complexity index is 531. The van der Waals surface area contributed by atoms with Crippen molar-refractivity contribution < 1.29 is 9.47 Å². The van der Waals surface area contributed by atoms with Crippen LogP contribution in [0.1, 0.15) is 24.0 Å². The Balaban J connectivity index is 0.00000192. The first-order valence-corrected chi connectivity index (χ1v) is 8.13. The molecule has 0 radical (unpaired) electrons. The number of rotatable bonds is 5. The molecule has 2 aliphatic heterocycles. The van der Waals surface area contributed by atoms with Gasteiger partial charge in [0.25, 0.3) is 0 Å². The molecule has 3 rings (SSSR count). The zero-order valence-corrected chi connectivity index (χ0v) is 16.0. The van der Waals surface area contributed by atoms with Crippen molar-refractivity contribution in [1.29, 1.82) is 0 Å². The van der Waals surface area contributed by atoms with Crippen molar-refractivity contribution >= 4 is 29.9 Å². The highest BCUT2D eigenvalue weighted by molar-refractivity contribution is 14.0. The summed E-state index contributed by atoms with van der Waals surface area (Å²) < 4.78 is 11.5. The van der Waals surface area contributed by atoms with Crippen molar-refractivity contribution in [3.05, 3.63) is 29.3 Å². The quantitative estimate of drug-likeness (QED) is 0.704. The highest BCUT2D eigenvalue weighted by Crippen LogP contribution is 2.22. The third kappa shape index (κ3) is 5.53. The van der Waals surface area contributed by atoms with Gasteiger partial charge in [-0.2, -0.15) is 0 Å². The molecule has 0 aromatic heterocycles. The molecule has 0 saturated carbocycles. The zero-order chi connectivity index (χ0) is 15.2. The summed E-state index contributed by atoms with van der Waals surface area (Å²) in [7, 11) is 0. The number of aryl methyl sites for hydroxylation is 1. The molecule has 5 nitrogen and oxygen atoms in total. The van der Waals surface area contributed by atoms with Gasteiger partial charge in [-0.25, -0.2) is 0 Å². The van der Waals surface area contributed by atoms with Crippen LogP contribution in [0.25, 0.3) is 0 Å². The van der Waals surface area contributed by atoms with E-state index in [1.807, 2.05) is 0 Å². The lowest BCUT2D eigenvalue weighted by Gasteiger charge is -2.18. The highest BCUT2D eigenvalue weighted by atomic mass is 127. The van der Waals surface area contributed by atoms with Gasteiger partial charge in [0.2, 0.25) is 0 Å². The molecule has 2 heterocycles. The fourth-order valence-corrected chi connectivity index (χ4v) is 2.69.